The molecule has 7 heteroatoms. The van der Waals surface area contributed by atoms with E-state index in [1.165, 1.54) is 9.87 Å². The van der Waals surface area contributed by atoms with Crippen LogP contribution in [0.15, 0.2) is 52.3 Å². The molecule has 1 aliphatic heterocycles. The fourth-order valence-corrected chi connectivity index (χ4v) is 5.77. The fraction of sp³-hybridized carbons (Fsp3) is 0.435. The Hall–Kier alpha value is -1.83. The van der Waals surface area contributed by atoms with E-state index in [1.807, 2.05) is 39.2 Å². The molecule has 1 heterocycles. The smallest absolute Gasteiger partial charge is 0.243 e. The van der Waals surface area contributed by atoms with Crippen LogP contribution in [0.4, 0.5) is 0 Å². The van der Waals surface area contributed by atoms with E-state index in [9.17, 15) is 13.2 Å². The zero-order valence-electron chi connectivity index (χ0n) is 18.0. The van der Waals surface area contributed by atoms with Gasteiger partial charge in [-0.3, -0.25) is 4.79 Å². The molecule has 30 heavy (non-hydrogen) atoms. The number of rotatable bonds is 6. The van der Waals surface area contributed by atoms with Gasteiger partial charge in [0, 0.05) is 23.9 Å². The third kappa shape index (κ3) is 5.07. The molecule has 2 aromatic carbocycles. The van der Waals surface area contributed by atoms with Gasteiger partial charge in [-0.05, 0) is 75.3 Å². The fourth-order valence-electron chi connectivity index (χ4n) is 3.89. The van der Waals surface area contributed by atoms with Gasteiger partial charge < -0.3 is 5.32 Å². The molecule has 1 aliphatic rings. The normalized spacial score (nSPS) is 16.9. The van der Waals surface area contributed by atoms with Gasteiger partial charge in [0.2, 0.25) is 15.9 Å². The molecular formula is C23H30N2O3S2. The Labute approximate surface area is 184 Å². The molecule has 5 nitrogen and oxygen atoms in total. The predicted octanol–water partition coefficient (Wildman–Crippen LogP) is 4.30. The third-order valence-corrected chi connectivity index (χ3v) is 8.44. The first-order chi connectivity index (χ1) is 14.2. The number of nitrogens with zero attached hydrogens (tertiary/aromatic N) is 1. The second-order valence-corrected chi connectivity index (χ2v) is 10.8. The van der Waals surface area contributed by atoms with Crippen molar-refractivity contribution in [3.05, 3.63) is 59.2 Å². The number of aryl methyl sites for hydroxylation is 2. The molecule has 0 aliphatic carbocycles. The molecule has 3 rings (SSSR count). The van der Waals surface area contributed by atoms with E-state index in [0.717, 1.165) is 16.0 Å². The average Bonchev–Trinajstić information content (AvgIpc) is 2.75. The topological polar surface area (TPSA) is 66.5 Å². The number of nitrogens with one attached hydrogen (secondary N) is 1. The number of sulfonamides is 1. The Bertz CT molecular complexity index is 996. The van der Waals surface area contributed by atoms with Gasteiger partial charge in [-0.1, -0.05) is 23.8 Å². The molecular weight excluding hydrogens is 416 g/mol. The molecule has 0 unspecified atom stereocenters. The maximum absolute atomic E-state index is 12.9. The van der Waals surface area contributed by atoms with E-state index in [2.05, 4.69) is 23.5 Å². The third-order valence-electron chi connectivity index (χ3n) is 5.78. The van der Waals surface area contributed by atoms with Crippen molar-refractivity contribution in [2.45, 2.75) is 49.4 Å². The highest BCUT2D eigenvalue weighted by molar-refractivity contribution is 7.98. The summed E-state index contributed by atoms with van der Waals surface area (Å²) in [6.07, 6.45) is 3.03. The quantitative estimate of drug-likeness (QED) is 0.672. The van der Waals surface area contributed by atoms with Crippen molar-refractivity contribution in [3.63, 3.8) is 0 Å². The largest absolute Gasteiger partial charge is 0.349 e. The van der Waals surface area contributed by atoms with Crippen molar-refractivity contribution >= 4 is 27.7 Å². The first kappa shape index (κ1) is 22.8. The summed E-state index contributed by atoms with van der Waals surface area (Å²) in [4.78, 5) is 14.1. The van der Waals surface area contributed by atoms with E-state index >= 15 is 0 Å². The number of piperidine rings is 1. The lowest BCUT2D eigenvalue weighted by molar-refractivity contribution is -0.126. The van der Waals surface area contributed by atoms with Crippen molar-refractivity contribution in [1.82, 2.24) is 9.62 Å². The number of benzene rings is 2. The van der Waals surface area contributed by atoms with E-state index in [-0.39, 0.29) is 17.9 Å². The maximum Gasteiger partial charge on any atom is 0.243 e. The molecule has 0 bridgehead atoms. The first-order valence-electron chi connectivity index (χ1n) is 10.2. The molecule has 0 saturated carbocycles. The number of hydrogen-bond acceptors (Lipinski definition) is 4. The number of hydrogen-bond donors (Lipinski definition) is 1. The van der Waals surface area contributed by atoms with Crippen molar-refractivity contribution in [1.29, 1.82) is 0 Å². The first-order valence-corrected chi connectivity index (χ1v) is 12.9. The van der Waals surface area contributed by atoms with Crippen molar-refractivity contribution in [2.24, 2.45) is 5.92 Å². The standard InChI is InChI=1S/C23H30N2O3S2/c1-16-5-6-17(2)22(15-16)18(3)24-23(26)19-11-13-25(14-12-19)30(27,28)21-9-7-20(29-4)8-10-21/h5-10,15,18-19H,11-14H2,1-4H3,(H,24,26)/t18-/m0/s1. The molecule has 1 fully saturated rings. The van der Waals surface area contributed by atoms with Gasteiger partial charge in [-0.25, -0.2) is 8.42 Å². The molecule has 162 valence electrons. The van der Waals surface area contributed by atoms with Crippen molar-refractivity contribution in [3.8, 4) is 0 Å². The summed E-state index contributed by atoms with van der Waals surface area (Å²) in [5.74, 6) is -0.160. The molecule has 1 atom stereocenters. The number of thioether (sulfide) groups is 1. The van der Waals surface area contributed by atoms with Crippen molar-refractivity contribution in [2.75, 3.05) is 19.3 Å². The van der Waals surface area contributed by atoms with Gasteiger partial charge in [0.05, 0.1) is 10.9 Å². The predicted molar refractivity (Wildman–Crippen MR) is 122 cm³/mol. The molecule has 0 radical (unpaired) electrons. The van der Waals surface area contributed by atoms with Crippen LogP contribution < -0.4 is 5.32 Å². The Morgan fingerprint density at radius 2 is 1.73 bits per heavy atom. The molecule has 2 aromatic rings. The lowest BCUT2D eigenvalue weighted by Crippen LogP contribution is -2.43. The van der Waals surface area contributed by atoms with Crippen LogP contribution in [0.25, 0.3) is 0 Å². The Morgan fingerprint density at radius 3 is 2.33 bits per heavy atom. The van der Waals surface area contributed by atoms with Crippen LogP contribution in [0.2, 0.25) is 0 Å². The molecule has 1 saturated heterocycles. The van der Waals surface area contributed by atoms with E-state index in [0.29, 0.717) is 30.8 Å². The number of carbonyl (C=O) groups excluding carboxylic acids is 1. The van der Waals surface area contributed by atoms with Crippen molar-refractivity contribution < 1.29 is 13.2 Å². The highest BCUT2D eigenvalue weighted by atomic mass is 32.2. The van der Waals surface area contributed by atoms with Crippen LogP contribution in [0.5, 0.6) is 0 Å². The Balaban J connectivity index is 1.60. The Kier molecular flexibility index (Phi) is 7.26. The molecule has 0 aromatic heterocycles. The zero-order chi connectivity index (χ0) is 21.9. The lowest BCUT2D eigenvalue weighted by Gasteiger charge is -2.31. The number of amides is 1. The summed E-state index contributed by atoms with van der Waals surface area (Å²) >= 11 is 1.58. The van der Waals surface area contributed by atoms with Gasteiger partial charge in [0.25, 0.3) is 0 Å². The Morgan fingerprint density at radius 1 is 1.10 bits per heavy atom. The van der Waals surface area contributed by atoms with Crippen LogP contribution in [0.1, 0.15) is 42.5 Å². The minimum absolute atomic E-state index is 0.00442. The van der Waals surface area contributed by atoms with Gasteiger partial charge in [-0.15, -0.1) is 11.8 Å². The highest BCUT2D eigenvalue weighted by Gasteiger charge is 2.32. The van der Waals surface area contributed by atoms with Gasteiger partial charge in [0.1, 0.15) is 0 Å². The van der Waals surface area contributed by atoms with Crippen LogP contribution in [0, 0.1) is 19.8 Å². The van der Waals surface area contributed by atoms with Crippen LogP contribution in [0.3, 0.4) is 0 Å². The minimum atomic E-state index is -3.52. The van der Waals surface area contributed by atoms with E-state index in [4.69, 9.17) is 0 Å². The minimum Gasteiger partial charge on any atom is -0.349 e. The number of carbonyl (C=O) groups is 1. The summed E-state index contributed by atoms with van der Waals surface area (Å²) in [6, 6.07) is 13.1. The van der Waals surface area contributed by atoms with E-state index in [1.54, 1.807) is 23.9 Å². The second kappa shape index (κ2) is 9.54. The van der Waals surface area contributed by atoms with Gasteiger partial charge in [0.15, 0.2) is 0 Å². The van der Waals surface area contributed by atoms with Crippen LogP contribution >= 0.6 is 11.8 Å². The maximum atomic E-state index is 12.9. The summed E-state index contributed by atoms with van der Waals surface area (Å²) < 4.78 is 27.3. The second-order valence-electron chi connectivity index (χ2n) is 7.94. The summed E-state index contributed by atoms with van der Waals surface area (Å²) in [5.41, 5.74) is 3.44. The van der Waals surface area contributed by atoms with Gasteiger partial charge >= 0.3 is 0 Å². The summed E-state index contributed by atoms with van der Waals surface area (Å²) in [6.45, 7) is 6.82. The summed E-state index contributed by atoms with van der Waals surface area (Å²) in [5, 5.41) is 3.12. The monoisotopic (exact) mass is 446 g/mol. The summed E-state index contributed by atoms with van der Waals surface area (Å²) in [7, 11) is -3.52. The zero-order valence-corrected chi connectivity index (χ0v) is 19.6. The van der Waals surface area contributed by atoms with Gasteiger partial charge in [-0.2, -0.15) is 4.31 Å². The van der Waals surface area contributed by atoms with Crippen LogP contribution in [-0.2, 0) is 14.8 Å². The van der Waals surface area contributed by atoms with E-state index < -0.39 is 10.0 Å². The molecule has 1 amide bonds. The molecule has 1 N–H and O–H groups in total. The molecule has 0 spiro atoms. The van der Waals surface area contributed by atoms with Crippen LogP contribution in [-0.4, -0.2) is 38.0 Å². The highest BCUT2D eigenvalue weighted by Crippen LogP contribution is 2.26. The average molecular weight is 447 g/mol. The lowest BCUT2D eigenvalue weighted by atomic mass is 9.95. The SMILES string of the molecule is CSc1ccc(S(=O)(=O)N2CCC(C(=O)N[C@@H](C)c3cc(C)ccc3C)CC2)cc1.